The number of aromatic nitrogens is 4. The van der Waals surface area contributed by atoms with E-state index in [4.69, 9.17) is 0 Å². The molecule has 0 aliphatic heterocycles. The standard InChI is InChI=1S/C9H12N6O3/c1-3-15-5-6(11-8(15)13-10-4-16)14(2)9(18)12-7(5)17/h4H,3H2,1-2H3,(H,10,16)(H,11,13)(H,12,17,18). The van der Waals surface area contributed by atoms with Gasteiger partial charge in [-0.05, 0) is 6.92 Å². The molecular formula is C9H12N6O3. The Kier molecular flexibility index (Phi) is 2.88. The summed E-state index contributed by atoms with van der Waals surface area (Å²) in [6.07, 6.45) is 0.447. The lowest BCUT2D eigenvalue weighted by molar-refractivity contribution is -0.109. The third-order valence-corrected chi connectivity index (χ3v) is 2.57. The highest BCUT2D eigenvalue weighted by Gasteiger charge is 2.15. The number of rotatable bonds is 4. The lowest BCUT2D eigenvalue weighted by atomic mass is 10.5. The predicted molar refractivity (Wildman–Crippen MR) is 64.1 cm³/mol. The summed E-state index contributed by atoms with van der Waals surface area (Å²) in [6.45, 7) is 2.28. The Morgan fingerprint density at radius 2 is 2.17 bits per heavy atom. The van der Waals surface area contributed by atoms with Gasteiger partial charge in [-0.3, -0.25) is 30.0 Å². The van der Waals surface area contributed by atoms with Crippen LogP contribution in [0, 0.1) is 0 Å². The summed E-state index contributed by atoms with van der Waals surface area (Å²) < 4.78 is 2.79. The molecule has 2 aromatic heterocycles. The van der Waals surface area contributed by atoms with Crippen molar-refractivity contribution in [3.8, 4) is 0 Å². The van der Waals surface area contributed by atoms with Crippen LogP contribution in [0.25, 0.3) is 11.2 Å². The Morgan fingerprint density at radius 1 is 1.44 bits per heavy atom. The molecule has 2 rings (SSSR count). The molecule has 96 valence electrons. The van der Waals surface area contributed by atoms with Crippen molar-refractivity contribution in [1.29, 1.82) is 0 Å². The molecule has 3 N–H and O–H groups in total. The van der Waals surface area contributed by atoms with E-state index >= 15 is 0 Å². The number of H-pyrrole nitrogens is 1. The number of hydrogen-bond acceptors (Lipinski definition) is 5. The fourth-order valence-electron chi connectivity index (χ4n) is 1.73. The maximum absolute atomic E-state index is 11.8. The second-order valence-electron chi connectivity index (χ2n) is 3.56. The van der Waals surface area contributed by atoms with Gasteiger partial charge in [-0.1, -0.05) is 0 Å². The van der Waals surface area contributed by atoms with E-state index in [-0.39, 0.29) is 17.1 Å². The van der Waals surface area contributed by atoms with Gasteiger partial charge in [-0.2, -0.15) is 4.98 Å². The van der Waals surface area contributed by atoms with E-state index in [0.29, 0.717) is 13.0 Å². The molecule has 9 nitrogen and oxygen atoms in total. The molecule has 0 radical (unpaired) electrons. The van der Waals surface area contributed by atoms with Gasteiger partial charge in [0.2, 0.25) is 12.4 Å². The van der Waals surface area contributed by atoms with Crippen molar-refractivity contribution < 1.29 is 4.79 Å². The van der Waals surface area contributed by atoms with Crippen LogP contribution in [-0.4, -0.2) is 25.5 Å². The fourth-order valence-corrected chi connectivity index (χ4v) is 1.73. The lowest BCUT2D eigenvalue weighted by Crippen LogP contribution is -2.29. The van der Waals surface area contributed by atoms with Crippen molar-refractivity contribution >= 4 is 23.5 Å². The maximum atomic E-state index is 11.8. The van der Waals surface area contributed by atoms with Crippen LogP contribution >= 0.6 is 0 Å². The Bertz CT molecular complexity index is 709. The number of nitrogens with zero attached hydrogens (tertiary/aromatic N) is 3. The molecule has 0 aliphatic carbocycles. The van der Waals surface area contributed by atoms with E-state index in [1.807, 2.05) is 6.92 Å². The molecule has 0 saturated carbocycles. The molecule has 0 saturated heterocycles. The summed E-state index contributed by atoms with van der Waals surface area (Å²) in [6, 6.07) is 0. The number of imidazole rings is 1. The zero-order valence-corrected chi connectivity index (χ0v) is 9.85. The van der Waals surface area contributed by atoms with Crippen molar-refractivity contribution in [3.05, 3.63) is 20.8 Å². The van der Waals surface area contributed by atoms with Crippen molar-refractivity contribution in [1.82, 2.24) is 24.5 Å². The van der Waals surface area contributed by atoms with Crippen molar-refractivity contribution in [2.75, 3.05) is 5.43 Å². The number of amides is 1. The third-order valence-electron chi connectivity index (χ3n) is 2.57. The van der Waals surface area contributed by atoms with E-state index in [0.717, 1.165) is 0 Å². The zero-order chi connectivity index (χ0) is 13.3. The number of aryl methyl sites for hydroxylation is 2. The number of nitrogens with one attached hydrogen (secondary N) is 3. The first-order valence-electron chi connectivity index (χ1n) is 5.24. The SMILES string of the molecule is CCn1c(NNC=O)nc2c1c(=O)[nH]c(=O)n2C. The topological polar surface area (TPSA) is 114 Å². The molecule has 0 spiro atoms. The summed E-state index contributed by atoms with van der Waals surface area (Å²) in [7, 11) is 1.50. The van der Waals surface area contributed by atoms with Gasteiger partial charge in [0, 0.05) is 13.6 Å². The van der Waals surface area contributed by atoms with Crippen LogP contribution in [0.5, 0.6) is 0 Å². The Balaban J connectivity index is 2.80. The van der Waals surface area contributed by atoms with E-state index in [2.05, 4.69) is 20.8 Å². The summed E-state index contributed by atoms with van der Waals surface area (Å²) in [5.74, 6) is 0.284. The van der Waals surface area contributed by atoms with Gasteiger partial charge in [0.05, 0.1) is 0 Å². The first-order chi connectivity index (χ1) is 8.60. The van der Waals surface area contributed by atoms with Crippen LogP contribution in [-0.2, 0) is 18.4 Å². The largest absolute Gasteiger partial charge is 0.329 e. The number of aromatic amines is 1. The molecule has 18 heavy (non-hydrogen) atoms. The van der Waals surface area contributed by atoms with Gasteiger partial charge >= 0.3 is 5.69 Å². The van der Waals surface area contributed by atoms with Gasteiger partial charge in [0.25, 0.3) is 5.56 Å². The molecule has 0 fully saturated rings. The highest BCUT2D eigenvalue weighted by atomic mass is 16.2. The summed E-state index contributed by atoms with van der Waals surface area (Å²) in [4.78, 5) is 39.8. The first kappa shape index (κ1) is 11.9. The van der Waals surface area contributed by atoms with E-state index in [1.165, 1.54) is 11.6 Å². The zero-order valence-electron chi connectivity index (χ0n) is 9.85. The number of hydrazine groups is 1. The fraction of sp³-hybridized carbons (Fsp3) is 0.333. The van der Waals surface area contributed by atoms with E-state index < -0.39 is 11.2 Å². The normalized spacial score (nSPS) is 10.6. The van der Waals surface area contributed by atoms with Crippen molar-refractivity contribution in [2.45, 2.75) is 13.5 Å². The number of hydrogen-bond donors (Lipinski definition) is 3. The van der Waals surface area contributed by atoms with E-state index in [9.17, 15) is 14.4 Å². The number of carbonyl (C=O) groups excluding carboxylic acids is 1. The van der Waals surface area contributed by atoms with Crippen LogP contribution in [0.15, 0.2) is 9.59 Å². The summed E-state index contributed by atoms with van der Waals surface area (Å²) in [5.41, 5.74) is 4.26. The minimum Gasteiger partial charge on any atom is -0.303 e. The molecule has 0 atom stereocenters. The quantitative estimate of drug-likeness (QED) is 0.453. The van der Waals surface area contributed by atoms with Crippen molar-refractivity contribution in [2.24, 2.45) is 7.05 Å². The Labute approximate surface area is 100 Å². The van der Waals surface area contributed by atoms with Gasteiger partial charge in [0.1, 0.15) is 0 Å². The van der Waals surface area contributed by atoms with Crippen LogP contribution in [0.2, 0.25) is 0 Å². The number of anilines is 1. The first-order valence-corrected chi connectivity index (χ1v) is 5.24. The van der Waals surface area contributed by atoms with Gasteiger partial charge in [-0.25, -0.2) is 4.79 Å². The molecule has 2 aromatic rings. The smallest absolute Gasteiger partial charge is 0.303 e. The molecule has 2 heterocycles. The second-order valence-corrected chi connectivity index (χ2v) is 3.56. The van der Waals surface area contributed by atoms with Crippen molar-refractivity contribution in [3.63, 3.8) is 0 Å². The lowest BCUT2D eigenvalue weighted by Gasteiger charge is -2.05. The van der Waals surface area contributed by atoms with Crippen LogP contribution in [0.4, 0.5) is 5.95 Å². The highest BCUT2D eigenvalue weighted by molar-refractivity contribution is 5.74. The molecule has 0 aromatic carbocycles. The average Bonchev–Trinajstić information content (AvgIpc) is 2.72. The Hall–Kier alpha value is -2.58. The Morgan fingerprint density at radius 3 is 2.78 bits per heavy atom. The second kappa shape index (κ2) is 4.35. The predicted octanol–water partition coefficient (Wildman–Crippen LogP) is -1.48. The van der Waals surface area contributed by atoms with Crippen LogP contribution < -0.4 is 22.1 Å². The van der Waals surface area contributed by atoms with Crippen LogP contribution in [0.3, 0.4) is 0 Å². The molecule has 9 heteroatoms. The van der Waals surface area contributed by atoms with Crippen LogP contribution in [0.1, 0.15) is 6.92 Å². The third kappa shape index (κ3) is 1.65. The minimum atomic E-state index is -0.539. The maximum Gasteiger partial charge on any atom is 0.329 e. The summed E-state index contributed by atoms with van der Waals surface area (Å²) in [5, 5.41) is 0. The minimum absolute atomic E-state index is 0.251. The number of carbonyl (C=O) groups is 1. The highest BCUT2D eigenvalue weighted by Crippen LogP contribution is 2.13. The van der Waals surface area contributed by atoms with Gasteiger partial charge in [-0.15, -0.1) is 0 Å². The number of fused-ring (bicyclic) bond motifs is 1. The molecule has 1 amide bonds. The van der Waals surface area contributed by atoms with Gasteiger partial charge in [0.15, 0.2) is 11.2 Å². The molecule has 0 unspecified atom stereocenters. The molecule has 0 aliphatic rings. The summed E-state index contributed by atoms with van der Waals surface area (Å²) >= 11 is 0. The monoisotopic (exact) mass is 252 g/mol. The van der Waals surface area contributed by atoms with Gasteiger partial charge < -0.3 is 4.57 Å². The van der Waals surface area contributed by atoms with E-state index in [1.54, 1.807) is 4.57 Å². The molecule has 0 bridgehead atoms. The average molecular weight is 252 g/mol. The molecular weight excluding hydrogens is 240 g/mol.